The summed E-state index contributed by atoms with van der Waals surface area (Å²) in [4.78, 5) is 36.6. The summed E-state index contributed by atoms with van der Waals surface area (Å²) < 4.78 is 9.66. The molecule has 2 rings (SSSR count). The molecule has 29 heavy (non-hydrogen) atoms. The summed E-state index contributed by atoms with van der Waals surface area (Å²) in [6.07, 6.45) is 2.26. The Morgan fingerprint density at radius 3 is 2.28 bits per heavy atom. The first-order valence-corrected chi connectivity index (χ1v) is 9.86. The maximum atomic E-state index is 12.4. The molecular formula is C23H25ClO5. The van der Waals surface area contributed by atoms with Crippen LogP contribution < -0.4 is 0 Å². The van der Waals surface area contributed by atoms with Crippen molar-refractivity contribution in [2.24, 2.45) is 5.92 Å². The van der Waals surface area contributed by atoms with Gasteiger partial charge in [-0.15, -0.1) is 0 Å². The van der Waals surface area contributed by atoms with E-state index < -0.39 is 17.9 Å². The summed E-state index contributed by atoms with van der Waals surface area (Å²) in [6, 6.07) is 12.3. The van der Waals surface area contributed by atoms with E-state index in [1.165, 1.54) is 14.2 Å². The molecule has 0 N–H and O–H groups in total. The normalized spacial score (nSPS) is 11.6. The molecule has 0 aliphatic heterocycles. The predicted octanol–water partition coefficient (Wildman–Crippen LogP) is 4.88. The largest absolute Gasteiger partial charge is 0.468 e. The van der Waals surface area contributed by atoms with Crippen LogP contribution >= 0.6 is 11.6 Å². The van der Waals surface area contributed by atoms with Crippen LogP contribution in [0.4, 0.5) is 0 Å². The molecule has 0 heterocycles. The zero-order valence-electron chi connectivity index (χ0n) is 16.9. The minimum Gasteiger partial charge on any atom is -0.468 e. The summed E-state index contributed by atoms with van der Waals surface area (Å²) in [6.45, 7) is 2.00. The quantitative estimate of drug-likeness (QED) is 0.430. The topological polar surface area (TPSA) is 69.7 Å². The van der Waals surface area contributed by atoms with Gasteiger partial charge in [0.1, 0.15) is 11.7 Å². The lowest BCUT2D eigenvalue weighted by atomic mass is 9.91. The molecule has 0 spiro atoms. The van der Waals surface area contributed by atoms with Gasteiger partial charge in [-0.3, -0.25) is 9.59 Å². The lowest BCUT2D eigenvalue weighted by Crippen LogP contribution is -2.27. The molecule has 2 aromatic carbocycles. The van der Waals surface area contributed by atoms with Crippen molar-refractivity contribution in [3.8, 4) is 11.1 Å². The van der Waals surface area contributed by atoms with Gasteiger partial charge >= 0.3 is 11.9 Å². The Morgan fingerprint density at radius 2 is 1.69 bits per heavy atom. The Kier molecular flexibility index (Phi) is 8.40. The number of hydrogen-bond acceptors (Lipinski definition) is 5. The highest BCUT2D eigenvalue weighted by molar-refractivity contribution is 6.31. The second-order valence-corrected chi connectivity index (χ2v) is 7.16. The van der Waals surface area contributed by atoms with Crippen molar-refractivity contribution in [2.75, 3.05) is 14.2 Å². The molecular weight excluding hydrogens is 392 g/mol. The summed E-state index contributed by atoms with van der Waals surface area (Å²) in [5, 5.41) is 0.504. The highest BCUT2D eigenvalue weighted by Crippen LogP contribution is 2.28. The number of carbonyl (C=O) groups excluding carboxylic acids is 3. The standard InChI is InChI=1S/C23H25ClO5/c1-4-5-6-21(25)20(23(27)29-3)13-15-7-9-16(10-8-15)19-14-17(24)11-12-18(19)22(26)28-2/h7-12,14,20H,4-6,13H2,1-3H3. The smallest absolute Gasteiger partial charge is 0.338 e. The van der Waals surface area contributed by atoms with Crippen LogP contribution in [0.15, 0.2) is 42.5 Å². The van der Waals surface area contributed by atoms with Gasteiger partial charge in [-0.05, 0) is 47.7 Å². The van der Waals surface area contributed by atoms with E-state index in [-0.39, 0.29) is 12.2 Å². The van der Waals surface area contributed by atoms with Gasteiger partial charge in [0.2, 0.25) is 0 Å². The zero-order chi connectivity index (χ0) is 21.4. The van der Waals surface area contributed by atoms with Gasteiger partial charge in [0.25, 0.3) is 0 Å². The van der Waals surface area contributed by atoms with E-state index in [0.717, 1.165) is 24.0 Å². The maximum absolute atomic E-state index is 12.4. The van der Waals surface area contributed by atoms with Crippen molar-refractivity contribution in [1.82, 2.24) is 0 Å². The van der Waals surface area contributed by atoms with Crippen LogP contribution in [-0.2, 0) is 25.5 Å². The third-order valence-electron chi connectivity index (χ3n) is 4.74. The van der Waals surface area contributed by atoms with E-state index in [4.69, 9.17) is 21.1 Å². The number of rotatable bonds is 9. The van der Waals surface area contributed by atoms with Crippen molar-refractivity contribution in [1.29, 1.82) is 0 Å². The molecule has 0 bridgehead atoms. The fourth-order valence-electron chi connectivity index (χ4n) is 3.10. The second-order valence-electron chi connectivity index (χ2n) is 6.73. The molecule has 0 fully saturated rings. The molecule has 154 valence electrons. The molecule has 0 aliphatic rings. The molecule has 0 radical (unpaired) electrons. The van der Waals surface area contributed by atoms with E-state index in [1.54, 1.807) is 18.2 Å². The second kappa shape index (κ2) is 10.8. The van der Waals surface area contributed by atoms with E-state index in [0.29, 0.717) is 22.6 Å². The zero-order valence-corrected chi connectivity index (χ0v) is 17.6. The van der Waals surface area contributed by atoms with Crippen molar-refractivity contribution in [2.45, 2.75) is 32.6 Å². The maximum Gasteiger partial charge on any atom is 0.338 e. The Hall–Kier alpha value is -2.66. The van der Waals surface area contributed by atoms with Crippen LogP contribution in [0, 0.1) is 5.92 Å². The van der Waals surface area contributed by atoms with E-state index in [1.807, 2.05) is 31.2 Å². The van der Waals surface area contributed by atoms with E-state index in [9.17, 15) is 14.4 Å². The van der Waals surface area contributed by atoms with Gasteiger partial charge < -0.3 is 9.47 Å². The van der Waals surface area contributed by atoms with Crippen molar-refractivity contribution in [3.63, 3.8) is 0 Å². The molecule has 0 saturated heterocycles. The molecule has 0 aliphatic carbocycles. The fourth-order valence-corrected chi connectivity index (χ4v) is 3.27. The lowest BCUT2D eigenvalue weighted by Gasteiger charge is -2.14. The van der Waals surface area contributed by atoms with Crippen LogP contribution in [0.3, 0.4) is 0 Å². The number of ether oxygens (including phenoxy) is 2. The minimum absolute atomic E-state index is 0.106. The molecule has 0 aromatic heterocycles. The highest BCUT2D eigenvalue weighted by Gasteiger charge is 2.27. The summed E-state index contributed by atoms with van der Waals surface area (Å²) in [5.41, 5.74) is 2.67. The average Bonchev–Trinajstić information content (AvgIpc) is 2.75. The number of Topliss-reactive ketones (excluding diaryl/α,β-unsaturated/α-hetero) is 1. The summed E-state index contributed by atoms with van der Waals surface area (Å²) in [7, 11) is 2.62. The van der Waals surface area contributed by atoms with Crippen molar-refractivity contribution < 1.29 is 23.9 Å². The van der Waals surface area contributed by atoms with Crippen LogP contribution in [0.5, 0.6) is 0 Å². The number of methoxy groups -OCH3 is 2. The van der Waals surface area contributed by atoms with Crippen LogP contribution in [0.2, 0.25) is 5.02 Å². The predicted molar refractivity (Wildman–Crippen MR) is 112 cm³/mol. The summed E-state index contributed by atoms with van der Waals surface area (Å²) >= 11 is 6.10. The average molecular weight is 417 g/mol. The Morgan fingerprint density at radius 1 is 1.00 bits per heavy atom. The summed E-state index contributed by atoms with van der Waals surface area (Å²) in [5.74, 6) is -1.88. The molecule has 5 nitrogen and oxygen atoms in total. The van der Waals surface area contributed by atoms with Gasteiger partial charge in [0.05, 0.1) is 19.8 Å². The number of ketones is 1. The molecule has 6 heteroatoms. The third-order valence-corrected chi connectivity index (χ3v) is 4.98. The van der Waals surface area contributed by atoms with Gasteiger partial charge in [0.15, 0.2) is 0 Å². The lowest BCUT2D eigenvalue weighted by molar-refractivity contribution is -0.149. The van der Waals surface area contributed by atoms with E-state index in [2.05, 4.69) is 0 Å². The highest BCUT2D eigenvalue weighted by atomic mass is 35.5. The monoisotopic (exact) mass is 416 g/mol. The van der Waals surface area contributed by atoms with Crippen LogP contribution in [0.1, 0.15) is 42.1 Å². The van der Waals surface area contributed by atoms with Crippen LogP contribution in [0.25, 0.3) is 11.1 Å². The molecule has 1 unspecified atom stereocenters. The number of unbranched alkanes of at least 4 members (excludes halogenated alkanes) is 1. The fraction of sp³-hybridized carbons (Fsp3) is 0.348. The minimum atomic E-state index is -0.811. The third kappa shape index (κ3) is 5.91. The van der Waals surface area contributed by atoms with E-state index >= 15 is 0 Å². The Labute approximate surface area is 176 Å². The molecule has 0 amide bonds. The van der Waals surface area contributed by atoms with Gasteiger partial charge in [-0.25, -0.2) is 4.79 Å². The Balaban J connectivity index is 2.28. The number of carbonyl (C=O) groups is 3. The SMILES string of the molecule is CCCCC(=O)C(Cc1ccc(-c2cc(Cl)ccc2C(=O)OC)cc1)C(=O)OC. The molecule has 2 aromatic rings. The first kappa shape index (κ1) is 22.6. The van der Waals surface area contributed by atoms with Crippen LogP contribution in [-0.4, -0.2) is 31.9 Å². The first-order chi connectivity index (χ1) is 13.9. The molecule has 1 atom stereocenters. The van der Waals surface area contributed by atoms with Crippen molar-refractivity contribution in [3.05, 3.63) is 58.6 Å². The van der Waals surface area contributed by atoms with Crippen molar-refractivity contribution >= 4 is 29.3 Å². The Bertz CT molecular complexity index is 873. The number of halogens is 1. The van der Waals surface area contributed by atoms with Gasteiger partial charge in [0, 0.05) is 11.4 Å². The van der Waals surface area contributed by atoms with Gasteiger partial charge in [-0.1, -0.05) is 49.2 Å². The molecule has 0 saturated carbocycles. The first-order valence-electron chi connectivity index (χ1n) is 9.49. The number of esters is 2. The number of benzene rings is 2. The number of hydrogen-bond donors (Lipinski definition) is 0. The van der Waals surface area contributed by atoms with Gasteiger partial charge in [-0.2, -0.15) is 0 Å².